The third-order valence-corrected chi connectivity index (χ3v) is 4.26. The smallest absolute Gasteiger partial charge is 0.335 e. The summed E-state index contributed by atoms with van der Waals surface area (Å²) < 4.78 is 0. The summed E-state index contributed by atoms with van der Waals surface area (Å²) in [5.41, 5.74) is 2.56. The first-order chi connectivity index (χ1) is 11.6. The van der Waals surface area contributed by atoms with Gasteiger partial charge in [0.05, 0.1) is 5.56 Å². The number of hydrogen-bond acceptors (Lipinski definition) is 4. The molecular weight excluding hydrogens is 322 g/mol. The predicted molar refractivity (Wildman–Crippen MR) is 94.3 cm³/mol. The van der Waals surface area contributed by atoms with Crippen molar-refractivity contribution in [1.82, 2.24) is 4.98 Å². The van der Waals surface area contributed by atoms with Gasteiger partial charge in [-0.05, 0) is 23.8 Å². The number of hydrogen-bond donors (Lipinski definition) is 1. The summed E-state index contributed by atoms with van der Waals surface area (Å²) in [6.45, 7) is 0. The van der Waals surface area contributed by atoms with Crippen LogP contribution in [-0.2, 0) is 0 Å². The van der Waals surface area contributed by atoms with Gasteiger partial charge in [-0.25, -0.2) is 9.78 Å². The molecule has 2 aromatic carbocycles. The Hall–Kier alpha value is -3.05. The standard InChI is InChI=1S/C19H13NO3S/c21-17(14-6-8-16(9-7-14)19(22)23)10-3-13-1-4-15(5-2-13)18-20-11-12-24-18/h1-12H,(H,22,23)/b10-3+. The molecule has 5 heteroatoms. The minimum Gasteiger partial charge on any atom is -0.478 e. The lowest BCUT2D eigenvalue weighted by atomic mass is 10.1. The zero-order valence-electron chi connectivity index (χ0n) is 12.5. The highest BCUT2D eigenvalue weighted by molar-refractivity contribution is 7.13. The van der Waals surface area contributed by atoms with Gasteiger partial charge < -0.3 is 5.11 Å². The average Bonchev–Trinajstić information content (AvgIpc) is 3.15. The van der Waals surface area contributed by atoms with Gasteiger partial charge >= 0.3 is 5.97 Å². The van der Waals surface area contributed by atoms with Crippen molar-refractivity contribution in [2.24, 2.45) is 0 Å². The second-order valence-corrected chi connectivity index (χ2v) is 5.93. The Bertz CT molecular complexity index is 879. The maximum absolute atomic E-state index is 12.1. The first-order valence-electron chi connectivity index (χ1n) is 7.19. The number of aromatic nitrogens is 1. The Kier molecular flexibility index (Phi) is 4.63. The molecule has 3 rings (SSSR count). The summed E-state index contributed by atoms with van der Waals surface area (Å²) in [5, 5.41) is 11.7. The van der Waals surface area contributed by atoms with Gasteiger partial charge in [0.2, 0.25) is 0 Å². The zero-order chi connectivity index (χ0) is 16.9. The van der Waals surface area contributed by atoms with E-state index in [2.05, 4.69) is 4.98 Å². The minimum absolute atomic E-state index is 0.160. The minimum atomic E-state index is -1.01. The van der Waals surface area contributed by atoms with E-state index in [1.807, 2.05) is 29.6 Å². The summed E-state index contributed by atoms with van der Waals surface area (Å²) >= 11 is 1.58. The molecule has 1 N–H and O–H groups in total. The number of benzene rings is 2. The van der Waals surface area contributed by atoms with E-state index in [4.69, 9.17) is 5.11 Å². The first kappa shape index (κ1) is 15.8. The van der Waals surface area contributed by atoms with Crippen LogP contribution in [0.2, 0.25) is 0 Å². The lowest BCUT2D eigenvalue weighted by Crippen LogP contribution is -1.98. The topological polar surface area (TPSA) is 67.3 Å². The van der Waals surface area contributed by atoms with Gasteiger partial charge in [0.1, 0.15) is 5.01 Å². The fraction of sp³-hybridized carbons (Fsp3) is 0. The molecule has 1 aromatic heterocycles. The van der Waals surface area contributed by atoms with E-state index >= 15 is 0 Å². The van der Waals surface area contributed by atoms with Crippen LogP contribution in [-0.4, -0.2) is 21.8 Å². The highest BCUT2D eigenvalue weighted by Gasteiger charge is 2.05. The van der Waals surface area contributed by atoms with Crippen LogP contribution in [0.25, 0.3) is 16.6 Å². The van der Waals surface area contributed by atoms with Crippen molar-refractivity contribution in [3.8, 4) is 10.6 Å². The number of allylic oxidation sites excluding steroid dienone is 1. The molecule has 0 aliphatic carbocycles. The first-order valence-corrected chi connectivity index (χ1v) is 8.07. The lowest BCUT2D eigenvalue weighted by Gasteiger charge is -1.99. The molecule has 24 heavy (non-hydrogen) atoms. The Morgan fingerprint density at radius 2 is 1.62 bits per heavy atom. The summed E-state index contributed by atoms with van der Waals surface area (Å²) in [6, 6.07) is 13.7. The summed E-state index contributed by atoms with van der Waals surface area (Å²) in [5.74, 6) is -1.18. The van der Waals surface area contributed by atoms with Crippen molar-refractivity contribution in [1.29, 1.82) is 0 Å². The molecule has 0 atom stereocenters. The third kappa shape index (κ3) is 3.64. The van der Waals surface area contributed by atoms with E-state index in [-0.39, 0.29) is 11.3 Å². The van der Waals surface area contributed by atoms with E-state index in [0.29, 0.717) is 5.56 Å². The number of aromatic carboxylic acids is 1. The van der Waals surface area contributed by atoms with Crippen LogP contribution >= 0.6 is 11.3 Å². The van der Waals surface area contributed by atoms with Crippen LogP contribution in [0.1, 0.15) is 26.3 Å². The van der Waals surface area contributed by atoms with E-state index < -0.39 is 5.97 Å². The zero-order valence-corrected chi connectivity index (χ0v) is 13.4. The molecule has 0 unspecified atom stereocenters. The van der Waals surface area contributed by atoms with Gasteiger partial charge in [0, 0.05) is 22.7 Å². The molecule has 0 saturated heterocycles. The third-order valence-electron chi connectivity index (χ3n) is 3.43. The molecule has 0 bridgehead atoms. The van der Waals surface area contributed by atoms with Crippen molar-refractivity contribution in [2.45, 2.75) is 0 Å². The van der Waals surface area contributed by atoms with Gasteiger partial charge in [-0.1, -0.05) is 42.5 Å². The fourth-order valence-corrected chi connectivity index (χ4v) is 2.79. The van der Waals surface area contributed by atoms with Crippen LogP contribution in [0.5, 0.6) is 0 Å². The van der Waals surface area contributed by atoms with Gasteiger partial charge in [-0.3, -0.25) is 4.79 Å². The van der Waals surface area contributed by atoms with Crippen LogP contribution in [0.3, 0.4) is 0 Å². The van der Waals surface area contributed by atoms with Crippen molar-refractivity contribution in [3.63, 3.8) is 0 Å². The van der Waals surface area contributed by atoms with E-state index in [0.717, 1.165) is 16.1 Å². The summed E-state index contributed by atoms with van der Waals surface area (Å²) in [6.07, 6.45) is 4.98. The van der Waals surface area contributed by atoms with Gasteiger partial charge in [0.25, 0.3) is 0 Å². The molecule has 118 valence electrons. The Labute approximate surface area is 142 Å². The Balaban J connectivity index is 1.70. The van der Waals surface area contributed by atoms with Gasteiger partial charge in [-0.2, -0.15) is 0 Å². The van der Waals surface area contributed by atoms with Crippen LogP contribution in [0, 0.1) is 0 Å². The second kappa shape index (κ2) is 7.02. The summed E-state index contributed by atoms with van der Waals surface area (Å²) in [4.78, 5) is 27.2. The van der Waals surface area contributed by atoms with Crippen molar-refractivity contribution in [3.05, 3.63) is 82.9 Å². The Morgan fingerprint density at radius 3 is 2.21 bits per heavy atom. The molecular formula is C19H13NO3S. The molecule has 0 aliphatic heterocycles. The molecule has 0 spiro atoms. The largest absolute Gasteiger partial charge is 0.478 e. The van der Waals surface area contributed by atoms with Gasteiger partial charge in [0.15, 0.2) is 5.78 Å². The molecule has 0 aliphatic rings. The van der Waals surface area contributed by atoms with Crippen molar-refractivity contribution < 1.29 is 14.7 Å². The molecule has 3 aromatic rings. The molecule has 1 heterocycles. The SMILES string of the molecule is O=C(O)c1ccc(C(=O)/C=C/c2ccc(-c3nccs3)cc2)cc1. The molecule has 0 saturated carbocycles. The molecule has 0 amide bonds. The highest BCUT2D eigenvalue weighted by Crippen LogP contribution is 2.22. The number of carboxylic acids is 1. The second-order valence-electron chi connectivity index (χ2n) is 5.04. The number of nitrogens with zero attached hydrogens (tertiary/aromatic N) is 1. The fourth-order valence-electron chi connectivity index (χ4n) is 2.15. The van der Waals surface area contributed by atoms with E-state index in [1.165, 1.54) is 30.3 Å². The number of thiazole rings is 1. The van der Waals surface area contributed by atoms with Crippen molar-refractivity contribution >= 4 is 29.2 Å². The van der Waals surface area contributed by atoms with E-state index in [9.17, 15) is 9.59 Å². The number of ketones is 1. The highest BCUT2D eigenvalue weighted by atomic mass is 32.1. The number of rotatable bonds is 5. The Morgan fingerprint density at radius 1 is 0.958 bits per heavy atom. The monoisotopic (exact) mass is 335 g/mol. The van der Waals surface area contributed by atoms with E-state index in [1.54, 1.807) is 23.6 Å². The van der Waals surface area contributed by atoms with Crippen LogP contribution < -0.4 is 0 Å². The average molecular weight is 335 g/mol. The number of carbonyl (C=O) groups is 2. The van der Waals surface area contributed by atoms with Gasteiger partial charge in [-0.15, -0.1) is 11.3 Å². The molecule has 0 fully saturated rings. The lowest BCUT2D eigenvalue weighted by molar-refractivity contribution is 0.0696. The molecule has 4 nitrogen and oxygen atoms in total. The summed E-state index contributed by atoms with van der Waals surface area (Å²) in [7, 11) is 0. The van der Waals surface area contributed by atoms with Crippen LogP contribution in [0.4, 0.5) is 0 Å². The molecule has 0 radical (unpaired) electrons. The number of carboxylic acid groups (broad SMARTS) is 1. The predicted octanol–water partition coefficient (Wildman–Crippen LogP) is 4.40. The van der Waals surface area contributed by atoms with Crippen molar-refractivity contribution in [2.75, 3.05) is 0 Å². The van der Waals surface area contributed by atoms with Crippen LogP contribution in [0.15, 0.2) is 66.2 Å². The quantitative estimate of drug-likeness (QED) is 0.554. The maximum Gasteiger partial charge on any atom is 0.335 e. The maximum atomic E-state index is 12.1. The normalized spacial score (nSPS) is 10.8. The number of carbonyl (C=O) groups excluding carboxylic acids is 1.